The van der Waals surface area contributed by atoms with Gasteiger partial charge in [-0.2, -0.15) is 5.26 Å². The Labute approximate surface area is 132 Å². The Balaban J connectivity index is 2.24. The summed E-state index contributed by atoms with van der Waals surface area (Å²) < 4.78 is 5.31. The molecular formula is C16H14N4O3. The van der Waals surface area contributed by atoms with Gasteiger partial charge < -0.3 is 15.6 Å². The lowest BCUT2D eigenvalue weighted by atomic mass is 10.0. The number of aliphatic carboxylic acids is 1. The fourth-order valence-corrected chi connectivity index (χ4v) is 1.86. The fourth-order valence-electron chi connectivity index (χ4n) is 1.86. The molecule has 0 bridgehead atoms. The summed E-state index contributed by atoms with van der Waals surface area (Å²) in [6.45, 7) is 0. The number of hydrogen-bond acceptors (Lipinski definition) is 6. The van der Waals surface area contributed by atoms with E-state index in [1.165, 1.54) is 0 Å². The van der Waals surface area contributed by atoms with Gasteiger partial charge in [0.1, 0.15) is 5.75 Å². The first-order valence-corrected chi connectivity index (χ1v) is 6.53. The molecule has 0 spiro atoms. The van der Waals surface area contributed by atoms with E-state index in [4.69, 9.17) is 26.7 Å². The number of nitrogens with two attached hydrogens (primary N) is 2. The van der Waals surface area contributed by atoms with Gasteiger partial charge in [0.2, 0.25) is 5.88 Å². The van der Waals surface area contributed by atoms with Crippen LogP contribution in [0.25, 0.3) is 11.1 Å². The fraction of sp³-hybridized carbons (Fsp3) is 0. The molecule has 0 aromatic heterocycles. The van der Waals surface area contributed by atoms with Crippen molar-refractivity contribution in [3.8, 4) is 22.9 Å². The molecular weight excluding hydrogens is 296 g/mol. The molecule has 2 aromatic rings. The van der Waals surface area contributed by atoms with Crippen LogP contribution in [0.2, 0.25) is 0 Å². The van der Waals surface area contributed by atoms with Gasteiger partial charge in [-0.1, -0.05) is 24.3 Å². The Hall–Kier alpha value is -3.50. The molecule has 0 aliphatic carbocycles. The number of carbonyl (C=O) groups is 1. The predicted octanol–water partition coefficient (Wildman–Crippen LogP) is 1.28. The largest absolute Gasteiger partial charge is 0.476 e. The number of carboxylic acids is 1. The zero-order valence-corrected chi connectivity index (χ0v) is 12.0. The SMILES string of the molecule is N#Cc1cccc(-c2ccc(O/C(NN)=C(/N)C(=O)O)cc2)c1. The number of hydrogen-bond donors (Lipinski definition) is 4. The van der Waals surface area contributed by atoms with Crippen LogP contribution in [0.4, 0.5) is 0 Å². The average molecular weight is 310 g/mol. The first-order chi connectivity index (χ1) is 11.0. The quantitative estimate of drug-likeness (QED) is 0.283. The highest BCUT2D eigenvalue weighted by Gasteiger charge is 2.12. The second-order valence-electron chi connectivity index (χ2n) is 4.51. The van der Waals surface area contributed by atoms with Crippen molar-refractivity contribution < 1.29 is 14.6 Å². The van der Waals surface area contributed by atoms with Crippen LogP contribution in [0.3, 0.4) is 0 Å². The minimum atomic E-state index is -1.34. The third-order valence-electron chi connectivity index (χ3n) is 3.01. The smallest absolute Gasteiger partial charge is 0.357 e. The zero-order valence-electron chi connectivity index (χ0n) is 12.0. The highest BCUT2D eigenvalue weighted by atomic mass is 16.5. The van der Waals surface area contributed by atoms with Crippen LogP contribution in [-0.4, -0.2) is 11.1 Å². The van der Waals surface area contributed by atoms with E-state index in [0.29, 0.717) is 11.3 Å². The third kappa shape index (κ3) is 3.78. The maximum absolute atomic E-state index is 10.8. The molecule has 0 amide bonds. The molecule has 23 heavy (non-hydrogen) atoms. The molecule has 0 saturated heterocycles. The molecule has 0 heterocycles. The Morgan fingerprint density at radius 1 is 1.17 bits per heavy atom. The number of benzene rings is 2. The van der Waals surface area contributed by atoms with E-state index in [-0.39, 0.29) is 5.88 Å². The molecule has 2 rings (SSSR count). The molecule has 0 aliphatic heterocycles. The second-order valence-corrected chi connectivity index (χ2v) is 4.51. The van der Waals surface area contributed by atoms with Crippen LogP contribution >= 0.6 is 0 Å². The standard InChI is InChI=1S/C16H14N4O3/c17-9-10-2-1-3-12(8-10)11-4-6-13(7-5-11)23-15(20-19)14(18)16(21)22/h1-8,20H,18-19H2,(H,21,22)/b15-14+. The lowest BCUT2D eigenvalue weighted by Gasteiger charge is -2.11. The van der Waals surface area contributed by atoms with Crippen LogP contribution in [0.5, 0.6) is 5.75 Å². The molecule has 116 valence electrons. The normalized spacial score (nSPS) is 11.1. The van der Waals surface area contributed by atoms with E-state index in [9.17, 15) is 4.79 Å². The van der Waals surface area contributed by atoms with Crippen LogP contribution in [-0.2, 0) is 4.79 Å². The summed E-state index contributed by atoms with van der Waals surface area (Å²) in [5.74, 6) is 3.97. The monoisotopic (exact) mass is 310 g/mol. The van der Waals surface area contributed by atoms with Crippen molar-refractivity contribution in [2.75, 3.05) is 0 Å². The lowest BCUT2D eigenvalue weighted by Crippen LogP contribution is -2.31. The number of nitrogens with zero attached hydrogens (tertiary/aromatic N) is 1. The maximum atomic E-state index is 10.8. The molecule has 2 aromatic carbocycles. The van der Waals surface area contributed by atoms with Crippen LogP contribution in [0.15, 0.2) is 60.1 Å². The molecule has 0 unspecified atom stereocenters. The molecule has 6 N–H and O–H groups in total. The van der Waals surface area contributed by atoms with Gasteiger partial charge in [0.05, 0.1) is 11.6 Å². The lowest BCUT2D eigenvalue weighted by molar-refractivity contribution is -0.132. The van der Waals surface area contributed by atoms with Gasteiger partial charge in [0.25, 0.3) is 0 Å². The second kappa shape index (κ2) is 6.98. The third-order valence-corrected chi connectivity index (χ3v) is 3.01. The Kier molecular flexibility index (Phi) is 4.82. The number of nitriles is 1. The molecule has 7 nitrogen and oxygen atoms in total. The molecule has 0 atom stereocenters. The number of carboxylic acid groups (broad SMARTS) is 1. The van der Waals surface area contributed by atoms with Gasteiger partial charge in [-0.25, -0.2) is 10.6 Å². The predicted molar refractivity (Wildman–Crippen MR) is 83.4 cm³/mol. The van der Waals surface area contributed by atoms with Crippen molar-refractivity contribution in [3.05, 3.63) is 65.7 Å². The summed E-state index contributed by atoms with van der Waals surface area (Å²) >= 11 is 0. The summed E-state index contributed by atoms with van der Waals surface area (Å²) in [6.07, 6.45) is 0. The Morgan fingerprint density at radius 2 is 1.87 bits per heavy atom. The van der Waals surface area contributed by atoms with Crippen molar-refractivity contribution in [3.63, 3.8) is 0 Å². The van der Waals surface area contributed by atoms with Crippen molar-refractivity contribution in [1.29, 1.82) is 5.26 Å². The number of nitrogens with one attached hydrogen (secondary N) is 1. The van der Waals surface area contributed by atoms with Gasteiger partial charge in [0.15, 0.2) is 5.70 Å². The highest BCUT2D eigenvalue weighted by molar-refractivity contribution is 5.85. The zero-order chi connectivity index (χ0) is 16.8. The van der Waals surface area contributed by atoms with E-state index in [0.717, 1.165) is 11.1 Å². The van der Waals surface area contributed by atoms with Crippen molar-refractivity contribution in [1.82, 2.24) is 5.43 Å². The summed E-state index contributed by atoms with van der Waals surface area (Å²) in [5.41, 5.74) is 9.26. The minimum Gasteiger partial charge on any atom is -0.476 e. The highest BCUT2D eigenvalue weighted by Crippen LogP contribution is 2.24. The molecule has 0 radical (unpaired) electrons. The average Bonchev–Trinajstić information content (AvgIpc) is 2.59. The first kappa shape index (κ1) is 15.9. The minimum absolute atomic E-state index is 0.253. The maximum Gasteiger partial charge on any atom is 0.357 e. The van der Waals surface area contributed by atoms with E-state index in [1.54, 1.807) is 42.5 Å². The summed E-state index contributed by atoms with van der Waals surface area (Å²) in [4.78, 5) is 10.8. The van der Waals surface area contributed by atoms with E-state index in [2.05, 4.69) is 11.5 Å². The van der Waals surface area contributed by atoms with E-state index < -0.39 is 11.7 Å². The van der Waals surface area contributed by atoms with Crippen LogP contribution < -0.4 is 21.7 Å². The van der Waals surface area contributed by atoms with Crippen molar-refractivity contribution >= 4 is 5.97 Å². The molecule has 7 heteroatoms. The van der Waals surface area contributed by atoms with E-state index in [1.807, 2.05) is 6.07 Å². The first-order valence-electron chi connectivity index (χ1n) is 6.53. The Morgan fingerprint density at radius 3 is 2.43 bits per heavy atom. The number of ether oxygens (including phenoxy) is 1. The molecule has 0 fully saturated rings. The summed E-state index contributed by atoms with van der Waals surface area (Å²) in [6, 6.07) is 16.1. The Bertz CT molecular complexity index is 792. The molecule has 0 saturated carbocycles. The summed E-state index contributed by atoms with van der Waals surface area (Å²) in [5, 5.41) is 17.7. The van der Waals surface area contributed by atoms with Crippen LogP contribution in [0, 0.1) is 11.3 Å². The van der Waals surface area contributed by atoms with Crippen molar-refractivity contribution in [2.24, 2.45) is 11.6 Å². The van der Waals surface area contributed by atoms with Gasteiger partial charge in [-0.05, 0) is 35.4 Å². The van der Waals surface area contributed by atoms with Gasteiger partial charge >= 0.3 is 5.97 Å². The van der Waals surface area contributed by atoms with Gasteiger partial charge in [-0.15, -0.1) is 0 Å². The molecule has 0 aliphatic rings. The van der Waals surface area contributed by atoms with Gasteiger partial charge in [0, 0.05) is 0 Å². The van der Waals surface area contributed by atoms with Crippen molar-refractivity contribution in [2.45, 2.75) is 0 Å². The van der Waals surface area contributed by atoms with Gasteiger partial charge in [-0.3, -0.25) is 5.43 Å². The summed E-state index contributed by atoms with van der Waals surface area (Å²) in [7, 11) is 0. The number of hydrazine groups is 1. The van der Waals surface area contributed by atoms with E-state index >= 15 is 0 Å². The number of rotatable bonds is 5. The topological polar surface area (TPSA) is 134 Å². The van der Waals surface area contributed by atoms with Crippen LogP contribution in [0.1, 0.15) is 5.56 Å².